The minimum Gasteiger partial charge on any atom is -0.446 e. The van der Waals surface area contributed by atoms with Crippen molar-refractivity contribution in [2.24, 2.45) is 11.8 Å². The first-order valence-electron chi connectivity index (χ1n) is 16.6. The number of alkyl carbamates (subject to hydrolysis) is 1. The lowest BCUT2D eigenvalue weighted by Gasteiger charge is -2.33. The third kappa shape index (κ3) is 10.8. The zero-order chi connectivity index (χ0) is 35.9. The lowest BCUT2D eigenvalue weighted by Crippen LogP contribution is -2.51. The molecule has 1 amide bonds. The minimum absolute atomic E-state index is 0.0293. The number of carbonyl (C=O) groups is 1. The molecule has 1 aliphatic rings. The van der Waals surface area contributed by atoms with Gasteiger partial charge in [0.05, 0.1) is 23.6 Å². The molecule has 1 unspecified atom stereocenters. The molecular weight excluding hydrogens is 662 g/mol. The predicted molar refractivity (Wildman–Crippen MR) is 179 cm³/mol. The Morgan fingerprint density at radius 2 is 1.82 bits per heavy atom. The van der Waals surface area contributed by atoms with Crippen LogP contribution >= 0.6 is 0 Å². The van der Waals surface area contributed by atoms with Gasteiger partial charge in [-0.1, -0.05) is 13.8 Å². The quantitative estimate of drug-likeness (QED) is 0.175. The summed E-state index contributed by atoms with van der Waals surface area (Å²) in [7, 11) is -4.21. The van der Waals surface area contributed by atoms with Gasteiger partial charge in [0.15, 0.2) is 11.9 Å². The fraction of sp³-hybridized carbons (Fsp3) is 0.588. The number of aromatic nitrogens is 1. The van der Waals surface area contributed by atoms with Gasteiger partial charge in [-0.05, 0) is 76.3 Å². The van der Waals surface area contributed by atoms with Crippen molar-refractivity contribution in [1.82, 2.24) is 14.6 Å². The zero-order valence-electron chi connectivity index (χ0n) is 28.8. The van der Waals surface area contributed by atoms with Crippen molar-refractivity contribution in [3.8, 4) is 0 Å². The van der Waals surface area contributed by atoms with E-state index in [1.54, 1.807) is 6.92 Å². The second-order valence-corrected chi connectivity index (χ2v) is 15.1. The maximum Gasteiger partial charge on any atom is 0.407 e. The van der Waals surface area contributed by atoms with E-state index >= 15 is 0 Å². The summed E-state index contributed by atoms with van der Waals surface area (Å²) in [5.41, 5.74) is 0.876. The highest BCUT2D eigenvalue weighted by Crippen LogP contribution is 2.27. The normalized spacial score (nSPS) is 18.9. The molecule has 0 aliphatic carbocycles. The van der Waals surface area contributed by atoms with Gasteiger partial charge >= 0.3 is 6.09 Å². The lowest BCUT2D eigenvalue weighted by atomic mass is 9.94. The lowest BCUT2D eigenvalue weighted by molar-refractivity contribution is -0.180. The zero-order valence-corrected chi connectivity index (χ0v) is 29.6. The molecule has 0 spiro atoms. The smallest absolute Gasteiger partial charge is 0.407 e. The van der Waals surface area contributed by atoms with Crippen LogP contribution in [-0.2, 0) is 30.7 Å². The molecule has 49 heavy (non-hydrogen) atoms. The van der Waals surface area contributed by atoms with Crippen LogP contribution in [0.2, 0.25) is 0 Å². The summed E-state index contributed by atoms with van der Waals surface area (Å²) < 4.78 is 80.0. The van der Waals surface area contributed by atoms with Gasteiger partial charge < -0.3 is 34.4 Å². The summed E-state index contributed by atoms with van der Waals surface area (Å²) >= 11 is 0. The Kier molecular flexibility index (Phi) is 13.4. The van der Waals surface area contributed by atoms with Gasteiger partial charge in [-0.15, -0.1) is 0 Å². The topological polar surface area (TPSA) is 152 Å². The molecule has 272 valence electrons. The number of carbonyl (C=O) groups excluding carboxylic acids is 1. The van der Waals surface area contributed by atoms with Crippen molar-refractivity contribution >= 4 is 33.2 Å². The van der Waals surface area contributed by atoms with Crippen molar-refractivity contribution in [3.05, 3.63) is 53.6 Å². The van der Waals surface area contributed by atoms with Crippen LogP contribution in [0.25, 0.3) is 11.1 Å². The molecule has 3 N–H and O–H groups in total. The average molecular weight is 711 g/mol. The van der Waals surface area contributed by atoms with E-state index in [1.807, 2.05) is 34.6 Å². The molecule has 4 rings (SSSR count). The molecule has 5 atom stereocenters. The maximum absolute atomic E-state index is 14.1. The highest BCUT2D eigenvalue weighted by atomic mass is 32.2. The van der Waals surface area contributed by atoms with E-state index in [1.165, 1.54) is 18.2 Å². The van der Waals surface area contributed by atoms with E-state index in [4.69, 9.17) is 18.6 Å². The van der Waals surface area contributed by atoms with Crippen LogP contribution in [0.3, 0.4) is 0 Å². The molecule has 2 heterocycles. The summed E-state index contributed by atoms with van der Waals surface area (Å²) in [6.45, 7) is 11.6. The van der Waals surface area contributed by atoms with Crippen LogP contribution in [0.15, 0.2) is 45.7 Å². The number of oxazole rings is 1. The number of ether oxygens (including phenoxy) is 3. The monoisotopic (exact) mass is 710 g/mol. The van der Waals surface area contributed by atoms with Crippen molar-refractivity contribution in [3.63, 3.8) is 0 Å². The van der Waals surface area contributed by atoms with E-state index in [0.29, 0.717) is 37.6 Å². The van der Waals surface area contributed by atoms with Crippen LogP contribution < -0.4 is 10.6 Å². The van der Waals surface area contributed by atoms with E-state index < -0.39 is 58.8 Å². The van der Waals surface area contributed by atoms with Gasteiger partial charge in [0.25, 0.3) is 6.01 Å². The average Bonchev–Trinajstić information content (AvgIpc) is 3.41. The molecule has 0 radical (unpaired) electrons. The summed E-state index contributed by atoms with van der Waals surface area (Å²) in [6, 6.07) is 6.33. The van der Waals surface area contributed by atoms with E-state index in [2.05, 4.69) is 15.6 Å². The number of halogens is 2. The van der Waals surface area contributed by atoms with Crippen LogP contribution in [0, 0.1) is 23.5 Å². The van der Waals surface area contributed by atoms with E-state index in [9.17, 15) is 27.1 Å². The minimum atomic E-state index is -4.21. The van der Waals surface area contributed by atoms with Gasteiger partial charge in [0.2, 0.25) is 10.0 Å². The number of aliphatic hydroxyl groups excluding tert-OH is 1. The Bertz CT molecular complexity index is 1630. The molecular formula is C34H48F2N4O8S. The molecule has 0 saturated carbocycles. The van der Waals surface area contributed by atoms with Crippen LogP contribution in [-0.4, -0.2) is 85.8 Å². The summed E-state index contributed by atoms with van der Waals surface area (Å²) in [6.07, 6.45) is -2.38. The summed E-state index contributed by atoms with van der Waals surface area (Å²) in [4.78, 5) is 17.5. The second kappa shape index (κ2) is 17.0. The fourth-order valence-corrected chi connectivity index (χ4v) is 7.40. The van der Waals surface area contributed by atoms with Crippen molar-refractivity contribution in [2.45, 2.75) is 96.3 Å². The number of hydrogen-bond donors (Lipinski definition) is 3. The Labute approximate surface area is 286 Å². The third-order valence-electron chi connectivity index (χ3n) is 8.11. The van der Waals surface area contributed by atoms with Gasteiger partial charge in [-0.25, -0.2) is 22.0 Å². The van der Waals surface area contributed by atoms with Gasteiger partial charge in [0, 0.05) is 50.2 Å². The standard InChI is InChI=1S/C34H48F2N4O8S/c1-7-45-32-15-24(10-11-46-32)22(6)47-34(42)39-29(14-23-12-25(35)16-26(36)13-23)30(41)19-40(18-20(2)3)49(43,44)27-8-9-28-31(17-27)48-33(38-28)37-21(4)5/h8-9,12-13,16-17,20-22,24,29-30,32,41H,7,10-11,14-15,18-19H2,1-6H3,(H,37,38)(H,39,42)/t22-,24?,29+,30-,32-/m1/s1. The first-order valence-corrected chi connectivity index (χ1v) is 18.1. The molecule has 0 bridgehead atoms. The molecule has 1 aromatic heterocycles. The molecule has 1 aliphatic heterocycles. The molecule has 1 saturated heterocycles. The summed E-state index contributed by atoms with van der Waals surface area (Å²) in [5, 5.41) is 17.2. The number of anilines is 1. The second-order valence-electron chi connectivity index (χ2n) is 13.1. The number of amides is 1. The Hall–Kier alpha value is -3.37. The maximum atomic E-state index is 14.1. The van der Waals surface area contributed by atoms with Gasteiger partial charge in [-0.3, -0.25) is 0 Å². The largest absolute Gasteiger partial charge is 0.446 e. The highest BCUT2D eigenvalue weighted by molar-refractivity contribution is 7.89. The summed E-state index contributed by atoms with van der Waals surface area (Å²) in [5.74, 6) is -1.86. The first kappa shape index (κ1) is 38.4. The number of sulfonamides is 1. The molecule has 2 aromatic carbocycles. The predicted octanol–water partition coefficient (Wildman–Crippen LogP) is 5.45. The van der Waals surface area contributed by atoms with E-state index in [-0.39, 0.29) is 52.9 Å². The van der Waals surface area contributed by atoms with Crippen LogP contribution in [0.5, 0.6) is 0 Å². The van der Waals surface area contributed by atoms with Crippen LogP contribution in [0.4, 0.5) is 19.6 Å². The number of nitrogens with one attached hydrogen (secondary N) is 2. The van der Waals surface area contributed by atoms with Crippen molar-refractivity contribution < 1.29 is 45.7 Å². The van der Waals surface area contributed by atoms with Gasteiger partial charge in [-0.2, -0.15) is 9.29 Å². The number of aliphatic hydroxyl groups is 1. The van der Waals surface area contributed by atoms with E-state index in [0.717, 1.165) is 16.4 Å². The number of benzene rings is 2. The van der Waals surface area contributed by atoms with Gasteiger partial charge in [0.1, 0.15) is 23.3 Å². The van der Waals surface area contributed by atoms with Crippen molar-refractivity contribution in [2.75, 3.05) is 31.6 Å². The number of nitrogens with zero attached hydrogens (tertiary/aromatic N) is 2. The fourth-order valence-electron chi connectivity index (χ4n) is 5.77. The Morgan fingerprint density at radius 3 is 2.47 bits per heavy atom. The third-order valence-corrected chi connectivity index (χ3v) is 9.94. The Balaban J connectivity index is 1.56. The van der Waals surface area contributed by atoms with Crippen LogP contribution in [0.1, 0.15) is 59.9 Å². The number of hydrogen-bond acceptors (Lipinski definition) is 10. The molecule has 3 aromatic rings. The number of fused-ring (bicyclic) bond motifs is 1. The molecule has 12 nitrogen and oxygen atoms in total. The SMILES string of the molecule is CCO[C@H]1CC([C@@H](C)OC(=O)N[C@@H](Cc2cc(F)cc(F)c2)[C@H](O)CN(CC(C)C)S(=O)(=O)c2ccc3nc(NC(C)C)oc3c2)CCO1. The number of rotatable bonds is 16. The first-order chi connectivity index (χ1) is 23.1. The Morgan fingerprint density at radius 1 is 1.10 bits per heavy atom. The molecule has 1 fully saturated rings. The highest BCUT2D eigenvalue weighted by Gasteiger charge is 2.34. The van der Waals surface area contributed by atoms with Crippen molar-refractivity contribution in [1.29, 1.82) is 0 Å². The molecule has 15 heteroatoms.